The number of piperidine rings is 1. The first kappa shape index (κ1) is 11.4. The number of likely N-dealkylation sites (tertiary alicyclic amines) is 1. The molecule has 2 aliphatic rings. The Labute approximate surface area is 94.4 Å². The molecule has 0 amide bonds. The minimum absolute atomic E-state index is 0.788. The zero-order valence-corrected chi connectivity index (χ0v) is 10.2. The van der Waals surface area contributed by atoms with Crippen molar-refractivity contribution in [3.05, 3.63) is 0 Å². The number of nitrogens with zero attached hydrogens (tertiary/aromatic N) is 1. The van der Waals surface area contributed by atoms with E-state index >= 15 is 0 Å². The van der Waals surface area contributed by atoms with E-state index in [-0.39, 0.29) is 0 Å². The summed E-state index contributed by atoms with van der Waals surface area (Å²) in [6.45, 7) is 7.52. The fourth-order valence-electron chi connectivity index (χ4n) is 2.46. The van der Waals surface area contributed by atoms with Crippen molar-refractivity contribution in [2.45, 2.75) is 51.5 Å². The molecular weight excluding hydrogens is 184 g/mol. The molecule has 2 heteroatoms. The monoisotopic (exact) mass is 210 g/mol. The summed E-state index contributed by atoms with van der Waals surface area (Å²) in [4.78, 5) is 2.65. The van der Waals surface area contributed by atoms with E-state index in [0.717, 1.165) is 12.0 Å². The van der Waals surface area contributed by atoms with E-state index in [2.05, 4.69) is 17.1 Å². The van der Waals surface area contributed by atoms with Crippen LogP contribution in [0.2, 0.25) is 0 Å². The first-order chi connectivity index (χ1) is 7.38. The van der Waals surface area contributed by atoms with Crippen LogP contribution in [0.15, 0.2) is 0 Å². The Balaban J connectivity index is 1.61. The van der Waals surface area contributed by atoms with Crippen LogP contribution in [-0.4, -0.2) is 37.1 Å². The first-order valence-corrected chi connectivity index (χ1v) is 6.84. The predicted octanol–water partition coefficient (Wildman–Crippen LogP) is 2.25. The molecule has 0 aromatic rings. The van der Waals surface area contributed by atoms with Crippen LogP contribution in [-0.2, 0) is 0 Å². The molecule has 1 N–H and O–H groups in total. The van der Waals surface area contributed by atoms with Crippen molar-refractivity contribution >= 4 is 0 Å². The highest BCUT2D eigenvalue weighted by molar-refractivity contribution is 4.82. The van der Waals surface area contributed by atoms with E-state index in [4.69, 9.17) is 0 Å². The number of nitrogens with one attached hydrogen (secondary N) is 1. The molecule has 1 unspecified atom stereocenters. The van der Waals surface area contributed by atoms with E-state index in [1.807, 2.05) is 0 Å². The summed E-state index contributed by atoms with van der Waals surface area (Å²) < 4.78 is 0. The Morgan fingerprint density at radius 1 is 1.27 bits per heavy atom. The second-order valence-corrected chi connectivity index (χ2v) is 5.34. The number of hydrogen-bond acceptors (Lipinski definition) is 2. The smallest absolute Gasteiger partial charge is 0.0195 e. The molecule has 1 saturated carbocycles. The van der Waals surface area contributed by atoms with Gasteiger partial charge in [0.1, 0.15) is 0 Å². The van der Waals surface area contributed by atoms with Gasteiger partial charge in [0, 0.05) is 12.6 Å². The van der Waals surface area contributed by atoms with Crippen LogP contribution < -0.4 is 5.32 Å². The maximum absolute atomic E-state index is 3.75. The average Bonchev–Trinajstić information content (AvgIpc) is 3.08. The molecule has 0 aromatic carbocycles. The van der Waals surface area contributed by atoms with Crippen molar-refractivity contribution in [1.82, 2.24) is 10.2 Å². The second-order valence-electron chi connectivity index (χ2n) is 5.34. The van der Waals surface area contributed by atoms with Crippen LogP contribution in [0.3, 0.4) is 0 Å². The minimum atomic E-state index is 0.788. The maximum atomic E-state index is 3.75. The van der Waals surface area contributed by atoms with E-state index < -0.39 is 0 Å². The Morgan fingerprint density at radius 3 is 2.87 bits per heavy atom. The highest BCUT2D eigenvalue weighted by Gasteiger charge is 2.24. The van der Waals surface area contributed by atoms with Gasteiger partial charge < -0.3 is 10.2 Å². The van der Waals surface area contributed by atoms with Crippen molar-refractivity contribution in [1.29, 1.82) is 0 Å². The summed E-state index contributed by atoms with van der Waals surface area (Å²) in [5, 5.41) is 3.75. The highest BCUT2D eigenvalue weighted by atomic mass is 15.2. The van der Waals surface area contributed by atoms with Crippen molar-refractivity contribution in [3.63, 3.8) is 0 Å². The predicted molar refractivity (Wildman–Crippen MR) is 65.1 cm³/mol. The van der Waals surface area contributed by atoms with Gasteiger partial charge in [-0.3, -0.25) is 0 Å². The molecule has 1 aliphatic carbocycles. The molecule has 0 radical (unpaired) electrons. The molecule has 1 aliphatic heterocycles. The molecule has 0 aromatic heterocycles. The normalized spacial score (nSPS) is 28.2. The maximum Gasteiger partial charge on any atom is 0.0195 e. The van der Waals surface area contributed by atoms with Gasteiger partial charge in [0.15, 0.2) is 0 Å². The molecule has 2 nitrogen and oxygen atoms in total. The van der Waals surface area contributed by atoms with Gasteiger partial charge in [0.2, 0.25) is 0 Å². The Morgan fingerprint density at radius 2 is 2.13 bits per heavy atom. The zero-order chi connectivity index (χ0) is 10.5. The molecule has 15 heavy (non-hydrogen) atoms. The number of rotatable bonds is 6. The lowest BCUT2D eigenvalue weighted by Crippen LogP contribution is -2.46. The highest BCUT2D eigenvalue weighted by Crippen LogP contribution is 2.28. The minimum Gasteiger partial charge on any atom is -0.312 e. The van der Waals surface area contributed by atoms with Gasteiger partial charge in [-0.05, 0) is 57.7 Å². The van der Waals surface area contributed by atoms with Crippen molar-refractivity contribution in [3.8, 4) is 0 Å². The molecule has 1 atom stereocenters. The summed E-state index contributed by atoms with van der Waals surface area (Å²) in [7, 11) is 0. The zero-order valence-electron chi connectivity index (χ0n) is 10.2. The van der Waals surface area contributed by atoms with Crippen LogP contribution >= 0.6 is 0 Å². The first-order valence-electron chi connectivity index (χ1n) is 6.84. The third kappa shape index (κ3) is 4.12. The largest absolute Gasteiger partial charge is 0.312 e. The summed E-state index contributed by atoms with van der Waals surface area (Å²) in [6.07, 6.45) is 8.44. The molecule has 2 rings (SSSR count). The van der Waals surface area contributed by atoms with E-state index in [9.17, 15) is 0 Å². The van der Waals surface area contributed by atoms with Gasteiger partial charge in [-0.1, -0.05) is 13.3 Å². The molecule has 1 saturated heterocycles. The fraction of sp³-hybridized carbons (Fsp3) is 1.00. The standard InChI is InChI=1S/C13H26N2/c1-2-3-8-15-9-4-5-13(11-15)14-10-12-6-7-12/h12-14H,2-11H2,1H3. The van der Waals surface area contributed by atoms with Gasteiger partial charge >= 0.3 is 0 Å². The summed E-state index contributed by atoms with van der Waals surface area (Å²) >= 11 is 0. The lowest BCUT2D eigenvalue weighted by molar-refractivity contribution is 0.188. The lowest BCUT2D eigenvalue weighted by Gasteiger charge is -2.33. The quantitative estimate of drug-likeness (QED) is 0.723. The van der Waals surface area contributed by atoms with Crippen molar-refractivity contribution in [2.75, 3.05) is 26.2 Å². The summed E-state index contributed by atoms with van der Waals surface area (Å²) in [5.41, 5.74) is 0. The molecule has 0 bridgehead atoms. The molecule has 1 heterocycles. The van der Waals surface area contributed by atoms with Crippen LogP contribution in [0.4, 0.5) is 0 Å². The molecular formula is C13H26N2. The third-order valence-electron chi connectivity index (χ3n) is 3.73. The fourth-order valence-corrected chi connectivity index (χ4v) is 2.46. The van der Waals surface area contributed by atoms with Crippen LogP contribution in [0.5, 0.6) is 0 Å². The second kappa shape index (κ2) is 5.86. The summed E-state index contributed by atoms with van der Waals surface area (Å²) in [5.74, 6) is 1.02. The Hall–Kier alpha value is -0.0800. The van der Waals surface area contributed by atoms with Crippen molar-refractivity contribution in [2.24, 2.45) is 5.92 Å². The topological polar surface area (TPSA) is 15.3 Å². The van der Waals surface area contributed by atoms with Crippen LogP contribution in [0, 0.1) is 5.92 Å². The van der Waals surface area contributed by atoms with Gasteiger partial charge in [0.05, 0.1) is 0 Å². The average molecular weight is 210 g/mol. The van der Waals surface area contributed by atoms with Crippen LogP contribution in [0.25, 0.3) is 0 Å². The van der Waals surface area contributed by atoms with Gasteiger partial charge in [-0.15, -0.1) is 0 Å². The van der Waals surface area contributed by atoms with E-state index in [1.54, 1.807) is 0 Å². The Kier molecular flexibility index (Phi) is 4.45. The van der Waals surface area contributed by atoms with Gasteiger partial charge in [-0.2, -0.15) is 0 Å². The van der Waals surface area contributed by atoms with Crippen LogP contribution in [0.1, 0.15) is 45.4 Å². The number of unbranched alkanes of at least 4 members (excludes halogenated alkanes) is 1. The Bertz CT molecular complexity index is 177. The molecule has 88 valence electrons. The molecule has 2 fully saturated rings. The van der Waals surface area contributed by atoms with E-state index in [1.165, 1.54) is 64.7 Å². The van der Waals surface area contributed by atoms with Crippen molar-refractivity contribution < 1.29 is 0 Å². The SMILES string of the molecule is CCCCN1CCCC(NCC2CC2)C1. The van der Waals surface area contributed by atoms with Gasteiger partial charge in [-0.25, -0.2) is 0 Å². The third-order valence-corrected chi connectivity index (χ3v) is 3.73. The molecule has 0 spiro atoms. The number of hydrogen-bond donors (Lipinski definition) is 1. The van der Waals surface area contributed by atoms with Gasteiger partial charge in [0.25, 0.3) is 0 Å². The van der Waals surface area contributed by atoms with E-state index in [0.29, 0.717) is 0 Å². The lowest BCUT2D eigenvalue weighted by atomic mass is 10.1. The summed E-state index contributed by atoms with van der Waals surface area (Å²) in [6, 6.07) is 0.788.